The topological polar surface area (TPSA) is 38.3 Å². The summed E-state index contributed by atoms with van der Waals surface area (Å²) in [5, 5.41) is 2.80. The highest BCUT2D eigenvalue weighted by molar-refractivity contribution is 6.18. The van der Waals surface area contributed by atoms with Gasteiger partial charge < -0.3 is 10.1 Å². The van der Waals surface area contributed by atoms with Gasteiger partial charge in [0.05, 0.1) is 16.9 Å². The molecule has 0 amide bonds. The van der Waals surface area contributed by atoms with Gasteiger partial charge in [-0.05, 0) is 25.1 Å². The van der Waals surface area contributed by atoms with E-state index in [0.717, 1.165) is 12.1 Å². The van der Waals surface area contributed by atoms with E-state index in [1.54, 1.807) is 13.0 Å². The van der Waals surface area contributed by atoms with Crippen LogP contribution in [0.25, 0.3) is 0 Å². The van der Waals surface area contributed by atoms with E-state index in [2.05, 4.69) is 10.1 Å². The van der Waals surface area contributed by atoms with Gasteiger partial charge in [-0.25, -0.2) is 0 Å². The van der Waals surface area contributed by atoms with E-state index in [1.807, 2.05) is 0 Å². The average molecular weight is 243 g/mol. The Morgan fingerprint density at radius 3 is 2.65 bits per heavy atom. The molecule has 1 heterocycles. The molecule has 1 aliphatic heterocycles. The molecule has 0 saturated carbocycles. The minimum absolute atomic E-state index is 0.180. The molecule has 6 heteroatoms. The first kappa shape index (κ1) is 11.5. The Morgan fingerprint density at radius 1 is 1.35 bits per heavy atom. The number of nitrogens with one attached hydrogen (secondary N) is 1. The van der Waals surface area contributed by atoms with Crippen molar-refractivity contribution in [1.29, 1.82) is 0 Å². The van der Waals surface area contributed by atoms with Crippen LogP contribution in [0.15, 0.2) is 30.0 Å². The highest BCUT2D eigenvalue weighted by Crippen LogP contribution is 2.33. The molecule has 2 rings (SSSR count). The van der Waals surface area contributed by atoms with Crippen LogP contribution in [0, 0.1) is 0 Å². The third kappa shape index (κ3) is 2.25. The summed E-state index contributed by atoms with van der Waals surface area (Å²) in [6.07, 6.45) is -3.20. The number of carbonyl (C=O) groups is 1. The molecule has 0 saturated heterocycles. The maximum absolute atomic E-state index is 12.0. The Morgan fingerprint density at radius 2 is 2.06 bits per heavy atom. The van der Waals surface area contributed by atoms with Crippen LogP contribution in [0.2, 0.25) is 0 Å². The van der Waals surface area contributed by atoms with Crippen LogP contribution < -0.4 is 10.1 Å². The van der Waals surface area contributed by atoms with Gasteiger partial charge in [0.25, 0.3) is 0 Å². The van der Waals surface area contributed by atoms with Gasteiger partial charge in [0.1, 0.15) is 5.75 Å². The van der Waals surface area contributed by atoms with Crippen molar-refractivity contribution in [2.45, 2.75) is 13.3 Å². The number of halogens is 3. The van der Waals surface area contributed by atoms with E-state index in [-0.39, 0.29) is 11.3 Å². The lowest BCUT2D eigenvalue weighted by molar-refractivity contribution is -0.274. The highest BCUT2D eigenvalue weighted by Gasteiger charge is 2.32. The van der Waals surface area contributed by atoms with Gasteiger partial charge >= 0.3 is 6.36 Å². The SMILES string of the molecule is CC=C1Nc2ccc(OC(F)(F)F)cc2C1=O. The summed E-state index contributed by atoms with van der Waals surface area (Å²) in [4.78, 5) is 11.7. The number of ketones is 1. The lowest BCUT2D eigenvalue weighted by atomic mass is 10.1. The van der Waals surface area contributed by atoms with Gasteiger partial charge in [0.15, 0.2) is 0 Å². The highest BCUT2D eigenvalue weighted by atomic mass is 19.4. The zero-order valence-electron chi connectivity index (χ0n) is 8.76. The second-order valence-electron chi connectivity index (χ2n) is 3.41. The number of anilines is 1. The number of benzene rings is 1. The number of rotatable bonds is 1. The largest absolute Gasteiger partial charge is 0.573 e. The Kier molecular flexibility index (Phi) is 2.57. The minimum atomic E-state index is -4.76. The summed E-state index contributed by atoms with van der Waals surface area (Å²) in [6.45, 7) is 1.67. The molecule has 0 radical (unpaired) electrons. The van der Waals surface area contributed by atoms with Crippen molar-refractivity contribution in [3.05, 3.63) is 35.5 Å². The summed E-state index contributed by atoms with van der Waals surface area (Å²) >= 11 is 0. The molecule has 1 N–H and O–H groups in total. The third-order valence-electron chi connectivity index (χ3n) is 2.27. The molecule has 17 heavy (non-hydrogen) atoms. The number of Topliss-reactive ketones (excluding diaryl/α,β-unsaturated/α-hetero) is 1. The van der Waals surface area contributed by atoms with Crippen LogP contribution in [0.1, 0.15) is 17.3 Å². The molecule has 0 aliphatic carbocycles. The van der Waals surface area contributed by atoms with Crippen LogP contribution in [0.4, 0.5) is 18.9 Å². The number of carbonyl (C=O) groups excluding carboxylic acids is 1. The van der Waals surface area contributed by atoms with Crippen molar-refractivity contribution in [2.24, 2.45) is 0 Å². The first-order valence-electron chi connectivity index (χ1n) is 4.78. The molecule has 0 aromatic heterocycles. The number of fused-ring (bicyclic) bond motifs is 1. The summed E-state index contributed by atoms with van der Waals surface area (Å²) < 4.78 is 39.7. The molecule has 0 fully saturated rings. The summed E-state index contributed by atoms with van der Waals surface area (Å²) in [5.74, 6) is -0.737. The summed E-state index contributed by atoms with van der Waals surface area (Å²) in [6, 6.07) is 3.62. The number of allylic oxidation sites excluding steroid dienone is 2. The number of alkyl halides is 3. The lowest BCUT2D eigenvalue weighted by Gasteiger charge is -2.09. The predicted molar refractivity (Wildman–Crippen MR) is 54.8 cm³/mol. The zero-order valence-corrected chi connectivity index (χ0v) is 8.76. The van der Waals surface area contributed by atoms with Crippen LogP contribution >= 0.6 is 0 Å². The normalized spacial score (nSPS) is 16.9. The quantitative estimate of drug-likeness (QED) is 0.770. The van der Waals surface area contributed by atoms with Crippen molar-refractivity contribution in [1.82, 2.24) is 0 Å². The first-order valence-corrected chi connectivity index (χ1v) is 4.78. The molecule has 0 bridgehead atoms. The van der Waals surface area contributed by atoms with Crippen molar-refractivity contribution in [3.8, 4) is 5.75 Å². The molecule has 90 valence electrons. The first-order chi connectivity index (χ1) is 7.90. The van der Waals surface area contributed by atoms with Crippen molar-refractivity contribution >= 4 is 11.5 Å². The van der Waals surface area contributed by atoms with Gasteiger partial charge in [0.2, 0.25) is 5.78 Å². The number of ether oxygens (including phenoxy) is 1. The lowest BCUT2D eigenvalue weighted by Crippen LogP contribution is -2.17. The van der Waals surface area contributed by atoms with Crippen LogP contribution in [-0.2, 0) is 0 Å². The fourth-order valence-electron chi connectivity index (χ4n) is 1.57. The van der Waals surface area contributed by atoms with Gasteiger partial charge in [-0.3, -0.25) is 4.79 Å². The van der Waals surface area contributed by atoms with E-state index < -0.39 is 12.1 Å². The van der Waals surface area contributed by atoms with Crippen LogP contribution in [-0.4, -0.2) is 12.1 Å². The van der Waals surface area contributed by atoms with Crippen molar-refractivity contribution in [3.63, 3.8) is 0 Å². The minimum Gasteiger partial charge on any atom is -0.406 e. The van der Waals surface area contributed by atoms with Gasteiger partial charge in [-0.15, -0.1) is 13.2 Å². The van der Waals surface area contributed by atoms with Gasteiger partial charge in [-0.1, -0.05) is 6.08 Å². The summed E-state index contributed by atoms with van der Waals surface area (Å²) in [7, 11) is 0. The molecular formula is C11H8F3NO2. The Labute approximate surface area is 94.9 Å². The fraction of sp³-hybridized carbons (Fsp3) is 0.182. The van der Waals surface area contributed by atoms with E-state index in [9.17, 15) is 18.0 Å². The van der Waals surface area contributed by atoms with Gasteiger partial charge in [0, 0.05) is 0 Å². The number of hydrogen-bond donors (Lipinski definition) is 1. The zero-order chi connectivity index (χ0) is 12.6. The van der Waals surface area contributed by atoms with E-state index in [4.69, 9.17) is 0 Å². The molecule has 1 aromatic carbocycles. The average Bonchev–Trinajstić information content (AvgIpc) is 2.53. The molecule has 0 unspecified atom stereocenters. The van der Waals surface area contributed by atoms with Crippen molar-refractivity contribution < 1.29 is 22.7 Å². The molecule has 0 atom stereocenters. The second kappa shape index (κ2) is 3.80. The van der Waals surface area contributed by atoms with E-state index >= 15 is 0 Å². The third-order valence-corrected chi connectivity index (χ3v) is 2.27. The maximum Gasteiger partial charge on any atom is 0.573 e. The second-order valence-corrected chi connectivity index (χ2v) is 3.41. The van der Waals surface area contributed by atoms with Crippen molar-refractivity contribution in [2.75, 3.05) is 5.32 Å². The fourth-order valence-corrected chi connectivity index (χ4v) is 1.57. The Hall–Kier alpha value is -1.98. The molecule has 0 spiro atoms. The summed E-state index contributed by atoms with van der Waals surface area (Å²) in [5.41, 5.74) is 1.02. The number of hydrogen-bond acceptors (Lipinski definition) is 3. The monoisotopic (exact) mass is 243 g/mol. The predicted octanol–water partition coefficient (Wildman–Crippen LogP) is 3.10. The molecular weight excluding hydrogens is 235 g/mol. The molecule has 1 aromatic rings. The Bertz CT molecular complexity index is 506. The molecule has 1 aliphatic rings. The van der Waals surface area contributed by atoms with E-state index in [0.29, 0.717) is 11.4 Å². The van der Waals surface area contributed by atoms with Gasteiger partial charge in [-0.2, -0.15) is 0 Å². The van der Waals surface area contributed by atoms with E-state index in [1.165, 1.54) is 6.07 Å². The van der Waals surface area contributed by atoms with Crippen LogP contribution in [0.5, 0.6) is 5.75 Å². The Balaban J connectivity index is 2.34. The maximum atomic E-state index is 12.0. The van der Waals surface area contributed by atoms with Crippen LogP contribution in [0.3, 0.4) is 0 Å². The standard InChI is InChI=1S/C11H8F3NO2/c1-2-8-10(16)7-5-6(17-11(12,13)14)3-4-9(7)15-8/h2-5,15H,1H3. The smallest absolute Gasteiger partial charge is 0.406 e. The molecule has 3 nitrogen and oxygen atoms in total.